The van der Waals surface area contributed by atoms with Crippen LogP contribution in [0.3, 0.4) is 0 Å². The zero-order chi connectivity index (χ0) is 17.2. The summed E-state index contributed by atoms with van der Waals surface area (Å²) in [6, 6.07) is 7.34. The van der Waals surface area contributed by atoms with Crippen molar-refractivity contribution in [2.45, 2.75) is 38.7 Å². The van der Waals surface area contributed by atoms with Crippen molar-refractivity contribution in [3.05, 3.63) is 34.3 Å². The van der Waals surface area contributed by atoms with Gasteiger partial charge in [0.05, 0.1) is 5.92 Å². The molecule has 0 spiro atoms. The summed E-state index contributed by atoms with van der Waals surface area (Å²) in [7, 11) is 0. The molecule has 2 unspecified atom stereocenters. The molecular weight excluding hydrogens is 362 g/mol. The molecule has 0 aliphatic carbocycles. The Morgan fingerprint density at radius 3 is 2.57 bits per heavy atom. The van der Waals surface area contributed by atoms with E-state index in [0.717, 1.165) is 10.0 Å². The van der Waals surface area contributed by atoms with E-state index in [-0.39, 0.29) is 12.0 Å². The monoisotopic (exact) mass is 383 g/mol. The normalized spacial score (nSPS) is 19.5. The largest absolute Gasteiger partial charge is 0.481 e. The number of benzene rings is 1. The minimum absolute atomic E-state index is 0.126. The first-order valence-corrected chi connectivity index (χ1v) is 8.43. The Bertz CT molecular complexity index is 597. The molecule has 1 fully saturated rings. The van der Waals surface area contributed by atoms with Crippen molar-refractivity contribution in [1.29, 1.82) is 0 Å². The maximum absolute atomic E-state index is 12.1. The number of hydrogen-bond donors (Lipinski definition) is 1. The van der Waals surface area contributed by atoms with Crippen molar-refractivity contribution in [3.63, 3.8) is 0 Å². The number of carboxylic acids is 1. The molecule has 126 valence electrons. The highest BCUT2D eigenvalue weighted by Crippen LogP contribution is 2.36. The third-order valence-corrected chi connectivity index (χ3v) is 4.58. The van der Waals surface area contributed by atoms with Crippen LogP contribution in [0.25, 0.3) is 0 Å². The van der Waals surface area contributed by atoms with Crippen molar-refractivity contribution >= 4 is 28.0 Å². The highest BCUT2D eigenvalue weighted by molar-refractivity contribution is 9.10. The lowest BCUT2D eigenvalue weighted by Gasteiger charge is -2.25. The van der Waals surface area contributed by atoms with E-state index in [2.05, 4.69) is 15.9 Å². The summed E-state index contributed by atoms with van der Waals surface area (Å²) < 4.78 is 6.15. The molecule has 0 saturated carbocycles. The summed E-state index contributed by atoms with van der Waals surface area (Å²) in [6.07, 6.45) is 0.272. The zero-order valence-electron chi connectivity index (χ0n) is 13.6. The number of halogens is 1. The first-order chi connectivity index (χ1) is 10.7. The Labute approximate surface area is 144 Å². The molecule has 2 atom stereocenters. The van der Waals surface area contributed by atoms with Gasteiger partial charge in [0.2, 0.25) is 0 Å². The fourth-order valence-corrected chi connectivity index (χ4v) is 3.40. The van der Waals surface area contributed by atoms with Gasteiger partial charge in [-0.1, -0.05) is 34.1 Å². The van der Waals surface area contributed by atoms with Crippen LogP contribution in [0, 0.1) is 5.92 Å². The number of carbonyl (C=O) groups excluding carboxylic acids is 1. The Morgan fingerprint density at radius 1 is 1.35 bits per heavy atom. The highest BCUT2D eigenvalue weighted by atomic mass is 79.9. The van der Waals surface area contributed by atoms with Crippen molar-refractivity contribution in [1.82, 2.24) is 4.90 Å². The molecule has 0 aromatic heterocycles. The minimum Gasteiger partial charge on any atom is -0.481 e. The van der Waals surface area contributed by atoms with Crippen LogP contribution < -0.4 is 0 Å². The van der Waals surface area contributed by atoms with Gasteiger partial charge in [0.1, 0.15) is 5.60 Å². The average Bonchev–Trinajstić information content (AvgIpc) is 2.88. The Morgan fingerprint density at radius 2 is 2.00 bits per heavy atom. The summed E-state index contributed by atoms with van der Waals surface area (Å²) in [5.74, 6) is -1.63. The molecule has 1 N–H and O–H groups in total. The van der Waals surface area contributed by atoms with E-state index >= 15 is 0 Å². The molecular formula is C17H22BrNO4. The Kier molecular flexibility index (Phi) is 5.34. The van der Waals surface area contributed by atoms with Gasteiger partial charge in [0, 0.05) is 17.6 Å². The van der Waals surface area contributed by atoms with E-state index in [1.807, 2.05) is 45.0 Å². The van der Waals surface area contributed by atoms with Gasteiger partial charge in [-0.05, 0) is 44.7 Å². The van der Waals surface area contributed by atoms with Crippen molar-refractivity contribution in [3.8, 4) is 0 Å². The number of ether oxygens (including phenoxy) is 1. The maximum atomic E-state index is 12.1. The van der Waals surface area contributed by atoms with Crippen molar-refractivity contribution in [2.24, 2.45) is 5.92 Å². The van der Waals surface area contributed by atoms with Gasteiger partial charge in [0.25, 0.3) is 0 Å². The van der Waals surface area contributed by atoms with Crippen molar-refractivity contribution < 1.29 is 19.4 Å². The number of hydrogen-bond acceptors (Lipinski definition) is 3. The molecule has 6 heteroatoms. The van der Waals surface area contributed by atoms with Gasteiger partial charge in [-0.25, -0.2) is 4.79 Å². The minimum atomic E-state index is -0.868. The van der Waals surface area contributed by atoms with Crippen LogP contribution in [0.1, 0.15) is 38.7 Å². The fraction of sp³-hybridized carbons (Fsp3) is 0.529. The fourth-order valence-electron chi connectivity index (χ4n) is 2.87. The zero-order valence-corrected chi connectivity index (χ0v) is 15.2. The summed E-state index contributed by atoms with van der Waals surface area (Å²) in [5, 5.41) is 9.67. The molecule has 1 aliphatic rings. The lowest BCUT2D eigenvalue weighted by molar-refractivity contribution is -0.140. The van der Waals surface area contributed by atoms with Gasteiger partial charge in [0.15, 0.2) is 0 Å². The molecule has 2 rings (SSSR count). The number of carboxylic acid groups (broad SMARTS) is 1. The first-order valence-electron chi connectivity index (χ1n) is 7.64. The highest BCUT2D eigenvalue weighted by Gasteiger charge is 2.38. The summed E-state index contributed by atoms with van der Waals surface area (Å²) >= 11 is 3.43. The summed E-state index contributed by atoms with van der Waals surface area (Å²) in [4.78, 5) is 25.5. The molecule has 23 heavy (non-hydrogen) atoms. The van der Waals surface area contributed by atoms with Crippen LogP contribution in [-0.4, -0.2) is 40.8 Å². The predicted molar refractivity (Wildman–Crippen MR) is 90.4 cm³/mol. The molecule has 0 bridgehead atoms. The topological polar surface area (TPSA) is 66.8 Å². The predicted octanol–water partition coefficient (Wildman–Crippen LogP) is 3.87. The molecule has 1 aliphatic heterocycles. The van der Waals surface area contributed by atoms with Crippen LogP contribution in [0.2, 0.25) is 0 Å². The second-order valence-corrected chi connectivity index (χ2v) is 7.67. The SMILES string of the molecule is CC(C)(C)OC(=O)N1CCC(C(C(=O)O)c2ccccc2Br)C1. The average molecular weight is 384 g/mol. The van der Waals surface area contributed by atoms with Crippen molar-refractivity contribution in [2.75, 3.05) is 13.1 Å². The van der Waals surface area contributed by atoms with Gasteiger partial charge in [-0.2, -0.15) is 0 Å². The molecule has 1 aromatic carbocycles. The molecule has 1 saturated heterocycles. The lowest BCUT2D eigenvalue weighted by atomic mass is 9.85. The van der Waals surface area contributed by atoms with Gasteiger partial charge >= 0.3 is 12.1 Å². The van der Waals surface area contributed by atoms with Crippen LogP contribution in [0.5, 0.6) is 0 Å². The van der Waals surface area contributed by atoms with E-state index in [9.17, 15) is 14.7 Å². The standard InChI is InChI=1S/C17H22BrNO4/c1-17(2,3)23-16(22)19-9-8-11(10-19)14(15(20)21)12-6-4-5-7-13(12)18/h4-7,11,14H,8-10H2,1-3H3,(H,20,21). The van der Waals surface area contributed by atoms with Crippen LogP contribution in [0.4, 0.5) is 4.79 Å². The molecule has 5 nitrogen and oxygen atoms in total. The van der Waals surface area contributed by atoms with Gasteiger partial charge in [-0.15, -0.1) is 0 Å². The van der Waals surface area contributed by atoms with E-state index in [4.69, 9.17) is 4.74 Å². The van der Waals surface area contributed by atoms with E-state index in [1.54, 1.807) is 4.90 Å². The quantitative estimate of drug-likeness (QED) is 0.859. The lowest BCUT2D eigenvalue weighted by Crippen LogP contribution is -2.36. The number of aliphatic carboxylic acids is 1. The Hall–Kier alpha value is -1.56. The molecule has 1 heterocycles. The van der Waals surface area contributed by atoms with Crippen LogP contribution in [-0.2, 0) is 9.53 Å². The van der Waals surface area contributed by atoms with Gasteiger partial charge in [-0.3, -0.25) is 4.79 Å². The van der Waals surface area contributed by atoms with E-state index in [1.165, 1.54) is 0 Å². The number of likely N-dealkylation sites (tertiary alicyclic amines) is 1. The van der Waals surface area contributed by atoms with Gasteiger partial charge < -0.3 is 14.7 Å². The molecule has 1 amide bonds. The summed E-state index contributed by atoms with van der Waals surface area (Å²) in [5.41, 5.74) is 0.195. The Balaban J connectivity index is 2.13. The molecule has 0 radical (unpaired) electrons. The van der Waals surface area contributed by atoms with Crippen LogP contribution >= 0.6 is 15.9 Å². The number of carbonyl (C=O) groups is 2. The second kappa shape index (κ2) is 6.91. The molecule has 1 aromatic rings. The second-order valence-electron chi connectivity index (χ2n) is 6.81. The van der Waals surface area contributed by atoms with E-state index in [0.29, 0.717) is 19.5 Å². The number of amides is 1. The third kappa shape index (κ3) is 4.47. The third-order valence-electron chi connectivity index (χ3n) is 3.85. The maximum Gasteiger partial charge on any atom is 0.410 e. The smallest absolute Gasteiger partial charge is 0.410 e. The first kappa shape index (κ1) is 17.8. The van der Waals surface area contributed by atoms with E-state index < -0.39 is 17.5 Å². The summed E-state index contributed by atoms with van der Waals surface area (Å²) in [6.45, 7) is 6.37. The number of nitrogens with zero attached hydrogens (tertiary/aromatic N) is 1. The van der Waals surface area contributed by atoms with Crippen LogP contribution in [0.15, 0.2) is 28.7 Å². The number of rotatable bonds is 3.